The van der Waals surface area contributed by atoms with Gasteiger partial charge in [-0.05, 0) is 41.1 Å². The third kappa shape index (κ3) is 3.19. The molecule has 1 aromatic heterocycles. The van der Waals surface area contributed by atoms with E-state index in [4.69, 9.17) is 4.52 Å². The molecule has 0 saturated carbocycles. The van der Waals surface area contributed by atoms with Gasteiger partial charge in [0.05, 0.1) is 16.9 Å². The lowest BCUT2D eigenvalue weighted by atomic mass is 10.2. The Morgan fingerprint density at radius 3 is 2.60 bits per heavy atom. The van der Waals surface area contributed by atoms with Gasteiger partial charge in [0.15, 0.2) is 0 Å². The topological polar surface area (TPSA) is 55.1 Å². The number of nitrogens with zero attached hydrogens (tertiary/aromatic N) is 1. The molecule has 1 heterocycles. The van der Waals surface area contributed by atoms with Gasteiger partial charge in [-0.1, -0.05) is 5.16 Å². The van der Waals surface area contributed by atoms with Crippen LogP contribution in [0.25, 0.3) is 0 Å². The number of carbonyl (C=O) groups excluding carboxylic acids is 1. The molecule has 2 aromatic rings. The van der Waals surface area contributed by atoms with Crippen molar-refractivity contribution in [3.05, 3.63) is 45.8 Å². The van der Waals surface area contributed by atoms with Gasteiger partial charge in [-0.2, -0.15) is 13.2 Å². The molecule has 8 heteroatoms. The first-order valence-electron chi connectivity index (χ1n) is 5.39. The van der Waals surface area contributed by atoms with Crippen molar-refractivity contribution in [3.63, 3.8) is 0 Å². The third-order valence-corrected chi connectivity index (χ3v) is 3.09. The number of alkyl halides is 3. The lowest BCUT2D eigenvalue weighted by Crippen LogP contribution is -2.13. The summed E-state index contributed by atoms with van der Waals surface area (Å²) in [7, 11) is 0. The average Bonchev–Trinajstić information content (AvgIpc) is 2.77. The molecule has 4 nitrogen and oxygen atoms in total. The van der Waals surface area contributed by atoms with Crippen molar-refractivity contribution >= 4 is 27.5 Å². The van der Waals surface area contributed by atoms with Crippen LogP contribution in [0.4, 0.5) is 18.9 Å². The molecule has 1 amide bonds. The lowest BCUT2D eigenvalue weighted by Gasteiger charge is -2.10. The van der Waals surface area contributed by atoms with Gasteiger partial charge >= 0.3 is 6.18 Å². The normalized spacial score (nSPS) is 11.4. The molecule has 0 aliphatic carbocycles. The summed E-state index contributed by atoms with van der Waals surface area (Å²) in [5.41, 5.74) is -0.359. The molecule has 0 aliphatic rings. The highest BCUT2D eigenvalue weighted by atomic mass is 79.9. The first-order chi connectivity index (χ1) is 9.27. The number of anilines is 1. The van der Waals surface area contributed by atoms with Crippen LogP contribution in [-0.2, 0) is 6.18 Å². The predicted octanol–water partition coefficient (Wildman–Crippen LogP) is 4.02. The van der Waals surface area contributed by atoms with Gasteiger partial charge in [0, 0.05) is 10.5 Å². The maximum atomic E-state index is 12.6. The minimum Gasteiger partial charge on any atom is -0.351 e. The van der Waals surface area contributed by atoms with Crippen molar-refractivity contribution in [2.24, 2.45) is 0 Å². The standard InChI is InChI=1S/C12H8BrF3N2O2/c1-6-4-10(20-18-6)11(19)17-9-5-7(12(14,15)16)2-3-8(9)13/h2-5H,1H3,(H,17,19). The van der Waals surface area contributed by atoms with Crippen molar-refractivity contribution < 1.29 is 22.5 Å². The number of hydrogen-bond acceptors (Lipinski definition) is 3. The maximum absolute atomic E-state index is 12.6. The summed E-state index contributed by atoms with van der Waals surface area (Å²) < 4.78 is 42.9. The molecule has 20 heavy (non-hydrogen) atoms. The minimum absolute atomic E-state index is 0.00104. The summed E-state index contributed by atoms with van der Waals surface area (Å²) in [4.78, 5) is 11.8. The molecule has 2 rings (SSSR count). The number of aryl methyl sites for hydroxylation is 1. The molecule has 0 saturated heterocycles. The molecule has 1 aromatic carbocycles. The Bertz CT molecular complexity index is 652. The van der Waals surface area contributed by atoms with E-state index in [0.717, 1.165) is 12.1 Å². The Morgan fingerprint density at radius 1 is 1.35 bits per heavy atom. The van der Waals surface area contributed by atoms with Crippen LogP contribution in [0.2, 0.25) is 0 Å². The number of rotatable bonds is 2. The van der Waals surface area contributed by atoms with E-state index in [1.54, 1.807) is 6.92 Å². The number of halogens is 4. The van der Waals surface area contributed by atoms with E-state index in [9.17, 15) is 18.0 Å². The van der Waals surface area contributed by atoms with Gasteiger partial charge in [-0.3, -0.25) is 4.79 Å². The largest absolute Gasteiger partial charge is 0.416 e. The van der Waals surface area contributed by atoms with Crippen molar-refractivity contribution in [1.82, 2.24) is 5.16 Å². The van der Waals surface area contributed by atoms with Crippen molar-refractivity contribution in [2.75, 3.05) is 5.32 Å². The molecule has 0 atom stereocenters. The van der Waals surface area contributed by atoms with Crippen molar-refractivity contribution in [2.45, 2.75) is 13.1 Å². The first-order valence-corrected chi connectivity index (χ1v) is 6.18. The first kappa shape index (κ1) is 14.6. The Labute approximate surface area is 120 Å². The zero-order chi connectivity index (χ0) is 14.9. The number of benzene rings is 1. The molecule has 0 bridgehead atoms. The van der Waals surface area contributed by atoms with Gasteiger partial charge in [0.25, 0.3) is 5.91 Å². The third-order valence-electron chi connectivity index (χ3n) is 2.39. The van der Waals surface area contributed by atoms with Crippen LogP contribution in [0.3, 0.4) is 0 Å². The van der Waals surface area contributed by atoms with Crippen LogP contribution < -0.4 is 5.32 Å². The Morgan fingerprint density at radius 2 is 2.05 bits per heavy atom. The summed E-state index contributed by atoms with van der Waals surface area (Å²) in [6.45, 7) is 1.63. The van der Waals surface area contributed by atoms with Crippen LogP contribution in [0.5, 0.6) is 0 Å². The highest BCUT2D eigenvalue weighted by molar-refractivity contribution is 9.10. The molecule has 0 radical (unpaired) electrons. The molecule has 0 spiro atoms. The Kier molecular flexibility index (Phi) is 3.85. The van der Waals surface area contributed by atoms with E-state index >= 15 is 0 Å². The number of amides is 1. The highest BCUT2D eigenvalue weighted by Gasteiger charge is 2.31. The highest BCUT2D eigenvalue weighted by Crippen LogP contribution is 2.34. The number of nitrogens with one attached hydrogen (secondary N) is 1. The smallest absolute Gasteiger partial charge is 0.351 e. The van der Waals surface area contributed by atoms with Crippen LogP contribution in [0.1, 0.15) is 21.8 Å². The molecular formula is C12H8BrF3N2O2. The summed E-state index contributed by atoms with van der Waals surface area (Å²) in [6.07, 6.45) is -4.48. The fourth-order valence-electron chi connectivity index (χ4n) is 1.45. The number of hydrogen-bond donors (Lipinski definition) is 1. The SMILES string of the molecule is Cc1cc(C(=O)Nc2cc(C(F)(F)F)ccc2Br)on1. The summed E-state index contributed by atoms with van der Waals surface area (Å²) in [6, 6.07) is 4.35. The fraction of sp³-hybridized carbons (Fsp3) is 0.167. The molecule has 0 fully saturated rings. The van der Waals surface area contributed by atoms with Gasteiger partial charge in [0.1, 0.15) is 0 Å². The van der Waals surface area contributed by atoms with Gasteiger partial charge in [-0.25, -0.2) is 0 Å². The van der Waals surface area contributed by atoms with E-state index in [1.807, 2.05) is 0 Å². The zero-order valence-electron chi connectivity index (χ0n) is 10.1. The summed E-state index contributed by atoms with van der Waals surface area (Å²) in [5.74, 6) is -0.752. The second-order valence-corrected chi connectivity index (χ2v) is 4.83. The van der Waals surface area contributed by atoms with E-state index in [2.05, 4.69) is 26.4 Å². The van der Waals surface area contributed by atoms with Gasteiger partial charge < -0.3 is 9.84 Å². The zero-order valence-corrected chi connectivity index (χ0v) is 11.7. The van der Waals surface area contributed by atoms with Crippen LogP contribution in [0, 0.1) is 6.92 Å². The fourth-order valence-corrected chi connectivity index (χ4v) is 1.80. The minimum atomic E-state index is -4.48. The Hall–Kier alpha value is -1.83. The van der Waals surface area contributed by atoms with E-state index < -0.39 is 17.6 Å². The molecule has 0 aliphatic heterocycles. The number of aromatic nitrogens is 1. The van der Waals surface area contributed by atoms with Crippen LogP contribution in [-0.4, -0.2) is 11.1 Å². The lowest BCUT2D eigenvalue weighted by molar-refractivity contribution is -0.137. The van der Waals surface area contributed by atoms with Crippen LogP contribution >= 0.6 is 15.9 Å². The quantitative estimate of drug-likeness (QED) is 0.891. The number of carbonyl (C=O) groups is 1. The predicted molar refractivity (Wildman–Crippen MR) is 68.3 cm³/mol. The van der Waals surface area contributed by atoms with Gasteiger partial charge in [0.2, 0.25) is 5.76 Å². The molecule has 0 unspecified atom stereocenters. The van der Waals surface area contributed by atoms with E-state index in [-0.39, 0.29) is 11.4 Å². The van der Waals surface area contributed by atoms with Crippen LogP contribution in [0.15, 0.2) is 33.3 Å². The second kappa shape index (κ2) is 5.28. The van der Waals surface area contributed by atoms with Crippen molar-refractivity contribution in [3.8, 4) is 0 Å². The molecule has 106 valence electrons. The second-order valence-electron chi connectivity index (χ2n) is 3.98. The molecular weight excluding hydrogens is 341 g/mol. The van der Waals surface area contributed by atoms with E-state index in [1.165, 1.54) is 12.1 Å². The summed E-state index contributed by atoms with van der Waals surface area (Å²) >= 11 is 3.08. The maximum Gasteiger partial charge on any atom is 0.416 e. The van der Waals surface area contributed by atoms with E-state index in [0.29, 0.717) is 10.2 Å². The molecule has 1 N–H and O–H groups in total. The monoisotopic (exact) mass is 348 g/mol. The average molecular weight is 349 g/mol. The van der Waals surface area contributed by atoms with Gasteiger partial charge in [-0.15, -0.1) is 0 Å². The Balaban J connectivity index is 2.27. The van der Waals surface area contributed by atoms with Crippen molar-refractivity contribution in [1.29, 1.82) is 0 Å². The summed E-state index contributed by atoms with van der Waals surface area (Å²) in [5, 5.41) is 5.86.